The summed E-state index contributed by atoms with van der Waals surface area (Å²) in [6, 6.07) is 13.6. The van der Waals surface area contributed by atoms with E-state index in [1.165, 1.54) is 65.9 Å². The van der Waals surface area contributed by atoms with Crippen molar-refractivity contribution in [3.05, 3.63) is 40.9 Å². The van der Waals surface area contributed by atoms with Crippen molar-refractivity contribution >= 4 is 32.4 Å². The lowest BCUT2D eigenvalue weighted by Crippen LogP contribution is -2.20. The maximum Gasteiger partial charge on any atom is 0.0422 e. The van der Waals surface area contributed by atoms with Crippen LogP contribution in [0.4, 0.5) is 5.69 Å². The van der Waals surface area contributed by atoms with E-state index < -0.39 is 0 Å². The van der Waals surface area contributed by atoms with Crippen molar-refractivity contribution in [1.82, 2.24) is 0 Å². The summed E-state index contributed by atoms with van der Waals surface area (Å²) in [7, 11) is 0. The highest BCUT2D eigenvalue weighted by Gasteiger charge is 2.12. The van der Waals surface area contributed by atoms with E-state index in [0.717, 1.165) is 0 Å². The average Bonchev–Trinajstić information content (AvgIpc) is 2.44. The second kappa shape index (κ2) is 6.62. The smallest absolute Gasteiger partial charge is 0.0422 e. The maximum absolute atomic E-state index is 3.80. The van der Waals surface area contributed by atoms with E-state index in [1.807, 2.05) is 0 Å². The molecule has 1 N–H and O–H groups in total. The molecule has 3 rings (SSSR count). The number of fused-ring (bicyclic) bond motifs is 1. The predicted molar refractivity (Wildman–Crippen MR) is 91.4 cm³/mol. The zero-order valence-electron chi connectivity index (χ0n) is 11.9. The topological polar surface area (TPSA) is 12.0 Å². The van der Waals surface area contributed by atoms with Gasteiger partial charge < -0.3 is 5.32 Å². The van der Waals surface area contributed by atoms with E-state index in [2.05, 4.69) is 57.6 Å². The van der Waals surface area contributed by atoms with Crippen molar-refractivity contribution in [2.45, 2.75) is 51.0 Å². The molecular weight excluding hydrogens is 310 g/mol. The van der Waals surface area contributed by atoms with Gasteiger partial charge in [-0.05, 0) is 30.4 Å². The molecule has 1 nitrogen and oxygen atoms in total. The first kappa shape index (κ1) is 13.9. The van der Waals surface area contributed by atoms with Crippen LogP contribution in [-0.2, 0) is 0 Å². The van der Waals surface area contributed by atoms with Gasteiger partial charge in [-0.15, -0.1) is 0 Å². The largest absolute Gasteiger partial charge is 0.382 e. The van der Waals surface area contributed by atoms with Crippen LogP contribution < -0.4 is 5.32 Å². The van der Waals surface area contributed by atoms with E-state index in [1.54, 1.807) is 0 Å². The minimum absolute atomic E-state index is 0.639. The molecule has 0 unspecified atom stereocenters. The van der Waals surface area contributed by atoms with Gasteiger partial charge in [-0.25, -0.2) is 0 Å². The van der Waals surface area contributed by atoms with Crippen LogP contribution in [0, 0.1) is 0 Å². The van der Waals surface area contributed by atoms with Gasteiger partial charge in [-0.3, -0.25) is 0 Å². The molecule has 0 amide bonds. The van der Waals surface area contributed by atoms with Crippen LogP contribution >= 0.6 is 15.9 Å². The summed E-state index contributed by atoms with van der Waals surface area (Å²) in [6.07, 6.45) is 9.58. The molecular formula is C18H22BrN. The second-order valence-electron chi connectivity index (χ2n) is 5.83. The van der Waals surface area contributed by atoms with Crippen molar-refractivity contribution in [3.8, 4) is 0 Å². The molecule has 106 valence electrons. The Kier molecular flexibility index (Phi) is 4.62. The highest BCUT2D eigenvalue weighted by atomic mass is 79.9. The van der Waals surface area contributed by atoms with Gasteiger partial charge in [0.25, 0.3) is 0 Å². The van der Waals surface area contributed by atoms with Crippen LogP contribution in [0.2, 0.25) is 0 Å². The van der Waals surface area contributed by atoms with Gasteiger partial charge in [0.05, 0.1) is 0 Å². The lowest BCUT2D eigenvalue weighted by molar-refractivity contribution is 0.471. The molecule has 0 aliphatic heterocycles. The number of hydrogen-bond donors (Lipinski definition) is 1. The zero-order valence-corrected chi connectivity index (χ0v) is 13.5. The van der Waals surface area contributed by atoms with Crippen LogP contribution in [-0.4, -0.2) is 6.04 Å². The van der Waals surface area contributed by atoms with Crippen molar-refractivity contribution in [2.24, 2.45) is 0 Å². The number of rotatable bonds is 2. The maximum atomic E-state index is 3.80. The fourth-order valence-corrected chi connectivity index (χ4v) is 3.69. The molecule has 0 aromatic heterocycles. The first-order valence-corrected chi connectivity index (χ1v) is 8.58. The Morgan fingerprint density at radius 2 is 1.45 bits per heavy atom. The van der Waals surface area contributed by atoms with Gasteiger partial charge in [-0.2, -0.15) is 0 Å². The third-order valence-electron chi connectivity index (χ3n) is 4.34. The van der Waals surface area contributed by atoms with Gasteiger partial charge >= 0.3 is 0 Å². The number of benzene rings is 2. The lowest BCUT2D eigenvalue weighted by Gasteiger charge is -2.23. The van der Waals surface area contributed by atoms with Crippen LogP contribution in [0.3, 0.4) is 0 Å². The highest BCUT2D eigenvalue weighted by molar-refractivity contribution is 9.10. The van der Waals surface area contributed by atoms with E-state index in [4.69, 9.17) is 0 Å². The van der Waals surface area contributed by atoms with Gasteiger partial charge in [0.15, 0.2) is 0 Å². The molecule has 0 saturated heterocycles. The van der Waals surface area contributed by atoms with Gasteiger partial charge in [0.1, 0.15) is 0 Å². The minimum Gasteiger partial charge on any atom is -0.382 e. The Bertz CT molecular complexity index is 571. The first-order chi connectivity index (χ1) is 9.84. The summed E-state index contributed by atoms with van der Waals surface area (Å²) in [5.74, 6) is 0. The number of halogens is 1. The molecule has 1 fully saturated rings. The molecule has 1 aliphatic rings. The first-order valence-electron chi connectivity index (χ1n) is 7.78. The molecule has 1 saturated carbocycles. The minimum atomic E-state index is 0.639. The van der Waals surface area contributed by atoms with Crippen LogP contribution in [0.1, 0.15) is 44.9 Å². The fourth-order valence-electron chi connectivity index (χ4n) is 3.21. The molecule has 20 heavy (non-hydrogen) atoms. The molecule has 0 atom stereocenters. The van der Waals surface area contributed by atoms with Crippen LogP contribution in [0.25, 0.3) is 10.8 Å². The second-order valence-corrected chi connectivity index (χ2v) is 6.68. The van der Waals surface area contributed by atoms with E-state index in [0.29, 0.717) is 6.04 Å². The van der Waals surface area contributed by atoms with E-state index >= 15 is 0 Å². The Labute approximate surface area is 129 Å². The molecule has 0 heterocycles. The van der Waals surface area contributed by atoms with Crippen LogP contribution in [0.15, 0.2) is 40.9 Å². The molecule has 0 radical (unpaired) electrons. The zero-order chi connectivity index (χ0) is 13.8. The fraction of sp³-hybridized carbons (Fsp3) is 0.444. The van der Waals surface area contributed by atoms with Gasteiger partial charge in [-0.1, -0.05) is 72.3 Å². The summed E-state index contributed by atoms with van der Waals surface area (Å²) >= 11 is 3.65. The Morgan fingerprint density at radius 3 is 2.20 bits per heavy atom. The predicted octanol–water partition coefficient (Wildman–Crippen LogP) is 6.13. The average molecular weight is 332 g/mol. The molecule has 1 aliphatic carbocycles. The van der Waals surface area contributed by atoms with Crippen molar-refractivity contribution in [3.63, 3.8) is 0 Å². The Balaban J connectivity index is 1.84. The molecule has 0 bridgehead atoms. The standard InChI is InChI=1S/C18H22BrN/c19-17-12-13-18(16-11-7-6-10-15(16)17)20-14-8-4-2-1-3-5-9-14/h6-7,10-14,20H,1-5,8-9H2. The van der Waals surface area contributed by atoms with Gasteiger partial charge in [0, 0.05) is 21.6 Å². The monoisotopic (exact) mass is 331 g/mol. The normalized spacial score (nSPS) is 17.6. The lowest BCUT2D eigenvalue weighted by atomic mass is 9.96. The van der Waals surface area contributed by atoms with Gasteiger partial charge in [0.2, 0.25) is 0 Å². The number of nitrogens with one attached hydrogen (secondary N) is 1. The summed E-state index contributed by atoms with van der Waals surface area (Å²) in [5, 5.41) is 6.42. The summed E-state index contributed by atoms with van der Waals surface area (Å²) < 4.78 is 1.18. The van der Waals surface area contributed by atoms with E-state index in [-0.39, 0.29) is 0 Å². The molecule has 2 heteroatoms. The van der Waals surface area contributed by atoms with Crippen molar-refractivity contribution in [2.75, 3.05) is 5.32 Å². The Hall–Kier alpha value is -1.02. The third kappa shape index (κ3) is 3.17. The quantitative estimate of drug-likeness (QED) is 0.698. The third-order valence-corrected chi connectivity index (χ3v) is 5.03. The molecule has 0 spiro atoms. The SMILES string of the molecule is Brc1ccc(NC2CCCCCCC2)c2ccccc12. The highest BCUT2D eigenvalue weighted by Crippen LogP contribution is 2.31. The summed E-state index contributed by atoms with van der Waals surface area (Å²) in [4.78, 5) is 0. The summed E-state index contributed by atoms with van der Waals surface area (Å²) in [6.45, 7) is 0. The number of hydrogen-bond acceptors (Lipinski definition) is 1. The van der Waals surface area contributed by atoms with Crippen LogP contribution in [0.5, 0.6) is 0 Å². The van der Waals surface area contributed by atoms with Crippen molar-refractivity contribution in [1.29, 1.82) is 0 Å². The van der Waals surface area contributed by atoms with Crippen molar-refractivity contribution < 1.29 is 0 Å². The summed E-state index contributed by atoms with van der Waals surface area (Å²) in [5.41, 5.74) is 1.29. The molecule has 2 aromatic carbocycles. The molecule has 2 aromatic rings. The number of anilines is 1. The van der Waals surface area contributed by atoms with E-state index in [9.17, 15) is 0 Å². The Morgan fingerprint density at radius 1 is 0.800 bits per heavy atom.